The van der Waals surface area contributed by atoms with Crippen LogP contribution in [0.2, 0.25) is 0 Å². The first-order valence-corrected chi connectivity index (χ1v) is 8.84. The molecule has 1 aromatic carbocycles. The van der Waals surface area contributed by atoms with E-state index in [-0.39, 0.29) is 5.91 Å². The number of pyridine rings is 1. The van der Waals surface area contributed by atoms with Gasteiger partial charge in [-0.3, -0.25) is 9.78 Å². The molecule has 1 N–H and O–H groups in total. The van der Waals surface area contributed by atoms with E-state index in [0.717, 1.165) is 15.5 Å². The third-order valence-corrected chi connectivity index (χ3v) is 4.90. The minimum absolute atomic E-state index is 0.166. The highest BCUT2D eigenvalue weighted by molar-refractivity contribution is 7.99. The van der Waals surface area contributed by atoms with Crippen LogP contribution in [0, 0.1) is 6.92 Å². The Morgan fingerprint density at radius 2 is 1.84 bits per heavy atom. The van der Waals surface area contributed by atoms with Gasteiger partial charge in [-0.25, -0.2) is 0 Å². The molecule has 128 valence electrons. The minimum Gasteiger partial charge on any atom is -0.468 e. The Kier molecular flexibility index (Phi) is 4.95. The Balaban J connectivity index is 1.84. The van der Waals surface area contributed by atoms with Gasteiger partial charge in [0.2, 0.25) is 0 Å². The molecule has 5 heteroatoms. The highest BCUT2D eigenvalue weighted by Gasteiger charge is 2.28. The van der Waals surface area contributed by atoms with Crippen LogP contribution in [0.15, 0.2) is 75.2 Å². The molecule has 0 fully saturated rings. The quantitative estimate of drug-likeness (QED) is 0.717. The lowest BCUT2D eigenvalue weighted by atomic mass is 9.99. The van der Waals surface area contributed by atoms with E-state index in [1.807, 2.05) is 62.4 Å². The lowest BCUT2D eigenvalue weighted by Crippen LogP contribution is -2.41. The number of carbonyl (C=O) groups is 1. The summed E-state index contributed by atoms with van der Waals surface area (Å²) >= 11 is 1.51. The predicted octanol–water partition coefficient (Wildman–Crippen LogP) is 4.80. The van der Waals surface area contributed by atoms with Crippen molar-refractivity contribution in [1.82, 2.24) is 10.3 Å². The van der Waals surface area contributed by atoms with Gasteiger partial charge in [-0.2, -0.15) is 0 Å². The van der Waals surface area contributed by atoms with Crippen LogP contribution in [-0.4, -0.2) is 10.9 Å². The van der Waals surface area contributed by atoms with E-state index < -0.39 is 5.54 Å². The molecule has 2 heterocycles. The number of hydrogen-bond donors (Lipinski definition) is 1. The van der Waals surface area contributed by atoms with Crippen LogP contribution >= 0.6 is 11.8 Å². The molecule has 0 unspecified atom stereocenters. The van der Waals surface area contributed by atoms with E-state index in [9.17, 15) is 4.79 Å². The van der Waals surface area contributed by atoms with E-state index in [1.165, 1.54) is 11.8 Å². The normalized spacial score (nSPS) is 11.3. The summed E-state index contributed by atoms with van der Waals surface area (Å²) in [5, 5.41) is 3.07. The predicted molar refractivity (Wildman–Crippen MR) is 98.7 cm³/mol. The first-order valence-electron chi connectivity index (χ1n) is 8.02. The third kappa shape index (κ3) is 3.94. The molecule has 0 bridgehead atoms. The number of aromatic nitrogens is 1. The molecule has 0 atom stereocenters. The van der Waals surface area contributed by atoms with E-state index in [0.29, 0.717) is 11.3 Å². The SMILES string of the molecule is Cc1occ(Sc2ccccc2)c1C(=O)NC(C)(C)c1ccccn1. The summed E-state index contributed by atoms with van der Waals surface area (Å²) in [6.45, 7) is 5.68. The molecule has 25 heavy (non-hydrogen) atoms. The van der Waals surface area contributed by atoms with E-state index in [2.05, 4.69) is 10.3 Å². The number of carbonyl (C=O) groups excluding carboxylic acids is 1. The summed E-state index contributed by atoms with van der Waals surface area (Å²) < 4.78 is 5.51. The van der Waals surface area contributed by atoms with Gasteiger partial charge in [-0.05, 0) is 45.0 Å². The average molecular weight is 352 g/mol. The number of aryl methyl sites for hydroxylation is 1. The van der Waals surface area contributed by atoms with Gasteiger partial charge >= 0.3 is 0 Å². The smallest absolute Gasteiger partial charge is 0.256 e. The second-order valence-electron chi connectivity index (χ2n) is 6.24. The third-order valence-electron chi connectivity index (χ3n) is 3.87. The van der Waals surface area contributed by atoms with Crippen LogP contribution in [0.25, 0.3) is 0 Å². The van der Waals surface area contributed by atoms with Crippen LogP contribution in [0.1, 0.15) is 35.7 Å². The Bertz CT molecular complexity index is 858. The molecular weight excluding hydrogens is 332 g/mol. The van der Waals surface area contributed by atoms with Gasteiger partial charge < -0.3 is 9.73 Å². The molecular formula is C20H20N2O2S. The number of furan rings is 1. The topological polar surface area (TPSA) is 55.1 Å². The molecule has 0 aliphatic carbocycles. The van der Waals surface area contributed by atoms with Gasteiger partial charge in [-0.15, -0.1) is 0 Å². The number of rotatable bonds is 5. The zero-order valence-electron chi connectivity index (χ0n) is 14.4. The fourth-order valence-corrected chi connectivity index (χ4v) is 3.52. The maximum Gasteiger partial charge on any atom is 0.256 e. The second-order valence-corrected chi connectivity index (χ2v) is 7.36. The summed E-state index contributed by atoms with van der Waals surface area (Å²) in [5.74, 6) is 0.438. The van der Waals surface area contributed by atoms with Crippen molar-refractivity contribution in [3.8, 4) is 0 Å². The molecule has 3 aromatic rings. The van der Waals surface area contributed by atoms with Crippen LogP contribution in [0.4, 0.5) is 0 Å². The molecule has 0 saturated heterocycles. The van der Waals surface area contributed by atoms with E-state index in [4.69, 9.17) is 4.42 Å². The lowest BCUT2D eigenvalue weighted by molar-refractivity contribution is 0.0906. The Morgan fingerprint density at radius 1 is 1.12 bits per heavy atom. The lowest BCUT2D eigenvalue weighted by Gasteiger charge is -2.25. The summed E-state index contributed by atoms with van der Waals surface area (Å²) in [5.41, 5.74) is 0.788. The Labute approximate surface area is 151 Å². The maximum atomic E-state index is 12.9. The number of hydrogen-bond acceptors (Lipinski definition) is 4. The van der Waals surface area contributed by atoms with Gasteiger partial charge in [-0.1, -0.05) is 36.0 Å². The first-order chi connectivity index (χ1) is 12.0. The van der Waals surface area contributed by atoms with Crippen molar-refractivity contribution in [2.24, 2.45) is 0 Å². The fraction of sp³-hybridized carbons (Fsp3) is 0.200. The van der Waals surface area contributed by atoms with E-state index >= 15 is 0 Å². The first kappa shape index (κ1) is 17.3. The summed E-state index contributed by atoms with van der Waals surface area (Å²) in [4.78, 5) is 19.1. The molecule has 4 nitrogen and oxygen atoms in total. The van der Waals surface area contributed by atoms with Crippen molar-refractivity contribution in [2.45, 2.75) is 36.1 Å². The molecule has 0 aliphatic rings. The standard InChI is InChI=1S/C20H20N2O2S/c1-14-18(16(13-24-14)25-15-9-5-4-6-10-15)19(23)22-20(2,3)17-11-7-8-12-21-17/h4-13H,1-3H3,(H,22,23). The monoisotopic (exact) mass is 352 g/mol. The largest absolute Gasteiger partial charge is 0.468 e. The second kappa shape index (κ2) is 7.15. The fourth-order valence-electron chi connectivity index (χ4n) is 2.54. The van der Waals surface area contributed by atoms with Crippen LogP contribution < -0.4 is 5.32 Å². The zero-order valence-corrected chi connectivity index (χ0v) is 15.3. The van der Waals surface area contributed by atoms with Gasteiger partial charge in [0.1, 0.15) is 12.0 Å². The molecule has 1 amide bonds. The Hall–Kier alpha value is -2.53. The summed E-state index contributed by atoms with van der Waals surface area (Å²) in [7, 11) is 0. The Morgan fingerprint density at radius 3 is 2.52 bits per heavy atom. The van der Waals surface area contributed by atoms with E-state index in [1.54, 1.807) is 19.4 Å². The minimum atomic E-state index is -0.587. The number of nitrogens with one attached hydrogen (secondary N) is 1. The number of amides is 1. The van der Waals surface area contributed by atoms with Crippen LogP contribution in [0.3, 0.4) is 0 Å². The van der Waals surface area contributed by atoms with Gasteiger partial charge in [0.25, 0.3) is 5.91 Å². The van der Waals surface area contributed by atoms with Crippen molar-refractivity contribution in [3.05, 3.63) is 78.0 Å². The van der Waals surface area contributed by atoms with Gasteiger partial charge in [0.05, 0.1) is 21.7 Å². The molecule has 0 aliphatic heterocycles. The van der Waals surface area contributed by atoms with Crippen LogP contribution in [-0.2, 0) is 5.54 Å². The van der Waals surface area contributed by atoms with Crippen molar-refractivity contribution in [3.63, 3.8) is 0 Å². The molecule has 0 radical (unpaired) electrons. The van der Waals surface area contributed by atoms with Crippen LogP contribution in [0.5, 0.6) is 0 Å². The molecule has 3 rings (SSSR count). The zero-order chi connectivity index (χ0) is 17.9. The van der Waals surface area contributed by atoms with Gasteiger partial charge in [0.15, 0.2) is 0 Å². The van der Waals surface area contributed by atoms with Gasteiger partial charge in [0, 0.05) is 11.1 Å². The highest BCUT2D eigenvalue weighted by atomic mass is 32.2. The molecule has 2 aromatic heterocycles. The number of benzene rings is 1. The van der Waals surface area contributed by atoms with Crippen molar-refractivity contribution < 1.29 is 9.21 Å². The summed E-state index contributed by atoms with van der Waals surface area (Å²) in [6.07, 6.45) is 3.36. The summed E-state index contributed by atoms with van der Waals surface area (Å²) in [6, 6.07) is 15.6. The van der Waals surface area contributed by atoms with Crippen molar-refractivity contribution in [1.29, 1.82) is 0 Å². The molecule has 0 spiro atoms. The van der Waals surface area contributed by atoms with Crippen molar-refractivity contribution in [2.75, 3.05) is 0 Å². The van der Waals surface area contributed by atoms with Crippen molar-refractivity contribution >= 4 is 17.7 Å². The maximum absolute atomic E-state index is 12.9. The number of nitrogens with zero attached hydrogens (tertiary/aromatic N) is 1. The molecule has 0 saturated carbocycles. The highest BCUT2D eigenvalue weighted by Crippen LogP contribution is 2.33. The average Bonchev–Trinajstić information content (AvgIpc) is 2.96.